The van der Waals surface area contributed by atoms with E-state index in [2.05, 4.69) is 10.6 Å². The van der Waals surface area contributed by atoms with Crippen LogP contribution in [-0.2, 0) is 22.6 Å². The number of hydrogen-bond donors (Lipinski definition) is 2. The molecule has 0 fully saturated rings. The van der Waals surface area contributed by atoms with E-state index in [-0.39, 0.29) is 0 Å². The highest BCUT2D eigenvalue weighted by atomic mass is 16.5. The summed E-state index contributed by atoms with van der Waals surface area (Å²) in [6, 6.07) is 15.0. The number of nitrogens with two attached hydrogens (primary N) is 1. The second-order valence-electron chi connectivity index (χ2n) is 7.04. The lowest BCUT2D eigenvalue weighted by Crippen LogP contribution is -2.19. The summed E-state index contributed by atoms with van der Waals surface area (Å²) in [4.78, 5) is 23.1. The first kappa shape index (κ1) is 18.6. The zero-order valence-corrected chi connectivity index (χ0v) is 15.6. The summed E-state index contributed by atoms with van der Waals surface area (Å²) < 4.78 is 7.61. The monoisotopic (exact) mass is 389 g/mol. The van der Waals surface area contributed by atoms with Crippen LogP contribution in [0.4, 0.5) is 0 Å². The molecule has 0 aliphatic heterocycles. The number of fused-ring (bicyclic) bond motifs is 3. The van der Waals surface area contributed by atoms with Gasteiger partial charge in [0.25, 0.3) is 0 Å². The van der Waals surface area contributed by atoms with Gasteiger partial charge < -0.3 is 20.1 Å². The topological polar surface area (TPSA) is 118 Å². The zero-order chi connectivity index (χ0) is 20.5. The molecule has 1 heterocycles. The lowest BCUT2D eigenvalue weighted by Gasteiger charge is -2.12. The number of benzene rings is 2. The predicted octanol–water partition coefficient (Wildman–Crippen LogP) is 2.54. The molecule has 7 nitrogen and oxygen atoms in total. The van der Waals surface area contributed by atoms with Gasteiger partial charge in [-0.05, 0) is 42.2 Å². The molecule has 29 heavy (non-hydrogen) atoms. The molecule has 0 bridgehead atoms. The summed E-state index contributed by atoms with van der Waals surface area (Å²) in [5.74, 6) is -1.52. The minimum absolute atomic E-state index is 0.409. The van der Waals surface area contributed by atoms with E-state index in [0.29, 0.717) is 30.7 Å². The Kier molecular flexibility index (Phi) is 4.69. The lowest BCUT2D eigenvalue weighted by atomic mass is 9.99. The molecule has 1 unspecified atom stereocenters. The summed E-state index contributed by atoms with van der Waals surface area (Å²) in [5, 5.41) is 19.2. The van der Waals surface area contributed by atoms with Crippen LogP contribution in [0, 0.1) is 11.3 Å². The molecule has 0 radical (unpaired) electrons. The summed E-state index contributed by atoms with van der Waals surface area (Å²) in [6.45, 7) is -0.0129. The van der Waals surface area contributed by atoms with Crippen LogP contribution in [-0.4, -0.2) is 28.2 Å². The van der Waals surface area contributed by atoms with Crippen molar-refractivity contribution in [1.82, 2.24) is 4.57 Å². The molecule has 0 saturated carbocycles. The number of nitrogens with zero attached hydrogens (tertiary/aromatic N) is 2. The van der Waals surface area contributed by atoms with Crippen molar-refractivity contribution < 1.29 is 19.4 Å². The minimum atomic E-state index is -1.08. The normalized spacial score (nSPS) is 15.1. The van der Waals surface area contributed by atoms with E-state index in [4.69, 9.17) is 15.6 Å². The number of rotatable bonds is 6. The molecule has 146 valence electrons. The molecule has 1 atom stereocenters. The van der Waals surface area contributed by atoms with Crippen molar-refractivity contribution in [3.63, 3.8) is 0 Å². The largest absolute Gasteiger partial charge is 0.481 e. The molecule has 1 amide bonds. The molecular formula is C22H19N3O4. The second kappa shape index (κ2) is 7.32. The summed E-state index contributed by atoms with van der Waals surface area (Å²) in [5.41, 5.74) is 9.73. The van der Waals surface area contributed by atoms with Crippen molar-refractivity contribution in [3.05, 3.63) is 64.8 Å². The molecule has 1 aromatic heterocycles. The number of ether oxygens (including phenoxy) is 1. The number of primary amides is 1. The van der Waals surface area contributed by atoms with Crippen LogP contribution in [0.3, 0.4) is 0 Å². The number of carboxylic acid groups (broad SMARTS) is 1. The lowest BCUT2D eigenvalue weighted by molar-refractivity contribution is -0.139. The highest BCUT2D eigenvalue weighted by molar-refractivity contribution is 5.97. The van der Waals surface area contributed by atoms with Gasteiger partial charge in [0, 0.05) is 17.6 Å². The van der Waals surface area contributed by atoms with E-state index in [9.17, 15) is 14.9 Å². The summed E-state index contributed by atoms with van der Waals surface area (Å²) >= 11 is 0. The van der Waals surface area contributed by atoms with E-state index in [1.165, 1.54) is 0 Å². The molecule has 1 aliphatic rings. The quantitative estimate of drug-likeness (QED) is 0.672. The molecule has 3 N–H and O–H groups in total. The molecule has 7 heteroatoms. The van der Waals surface area contributed by atoms with Crippen LogP contribution < -0.4 is 10.5 Å². The van der Waals surface area contributed by atoms with Crippen LogP contribution in [0.25, 0.3) is 10.9 Å². The number of aliphatic carboxylic acids is 1. The Bertz CT molecular complexity index is 1170. The third kappa shape index (κ3) is 3.19. The third-order valence-corrected chi connectivity index (χ3v) is 5.38. The van der Waals surface area contributed by atoms with Gasteiger partial charge in [0.2, 0.25) is 5.91 Å². The summed E-state index contributed by atoms with van der Waals surface area (Å²) in [7, 11) is 0. The van der Waals surface area contributed by atoms with Crippen molar-refractivity contribution in [2.75, 3.05) is 6.61 Å². The average Bonchev–Trinajstić information content (AvgIpc) is 3.26. The van der Waals surface area contributed by atoms with E-state index < -0.39 is 24.4 Å². The molecule has 4 rings (SSSR count). The molecule has 0 saturated heterocycles. The molecule has 1 aliphatic carbocycles. The Morgan fingerprint density at radius 3 is 2.76 bits per heavy atom. The number of aromatic nitrogens is 1. The van der Waals surface area contributed by atoms with Gasteiger partial charge in [-0.15, -0.1) is 0 Å². The van der Waals surface area contributed by atoms with Gasteiger partial charge in [0.15, 0.2) is 6.61 Å². The number of nitriles is 1. The van der Waals surface area contributed by atoms with Crippen molar-refractivity contribution in [2.45, 2.75) is 25.3 Å². The van der Waals surface area contributed by atoms with Crippen LogP contribution in [0.5, 0.6) is 5.75 Å². The molecule has 0 spiro atoms. The van der Waals surface area contributed by atoms with Crippen molar-refractivity contribution >= 4 is 22.8 Å². The average molecular weight is 389 g/mol. The Hall–Kier alpha value is -3.79. The van der Waals surface area contributed by atoms with E-state index >= 15 is 0 Å². The maximum Gasteiger partial charge on any atom is 0.341 e. The van der Waals surface area contributed by atoms with Gasteiger partial charge in [0.1, 0.15) is 5.75 Å². The molecule has 2 aromatic carbocycles. The molecule has 3 aromatic rings. The smallest absolute Gasteiger partial charge is 0.341 e. The SMILES string of the molecule is N#Cc1ccccc1Cn1c2c(c3c(OCC(=O)O)cccc31)C(C(N)=O)CC2. The van der Waals surface area contributed by atoms with Crippen LogP contribution in [0.15, 0.2) is 42.5 Å². The van der Waals surface area contributed by atoms with E-state index in [1.807, 2.05) is 24.3 Å². The van der Waals surface area contributed by atoms with Crippen LogP contribution >= 0.6 is 0 Å². The van der Waals surface area contributed by atoms with Crippen LogP contribution in [0.2, 0.25) is 0 Å². The molecular weight excluding hydrogens is 370 g/mol. The minimum Gasteiger partial charge on any atom is -0.481 e. The van der Waals surface area contributed by atoms with Crippen molar-refractivity contribution in [1.29, 1.82) is 5.26 Å². The highest BCUT2D eigenvalue weighted by Crippen LogP contribution is 2.44. The van der Waals surface area contributed by atoms with Gasteiger partial charge in [-0.3, -0.25) is 4.79 Å². The number of amides is 1. The maximum atomic E-state index is 12.1. The van der Waals surface area contributed by atoms with Gasteiger partial charge in [-0.25, -0.2) is 4.79 Å². The fourth-order valence-electron chi connectivity index (χ4n) is 4.18. The maximum absolute atomic E-state index is 12.1. The first-order valence-electron chi connectivity index (χ1n) is 9.27. The fourth-order valence-corrected chi connectivity index (χ4v) is 4.18. The number of hydrogen-bond acceptors (Lipinski definition) is 4. The van der Waals surface area contributed by atoms with Crippen molar-refractivity contribution in [2.24, 2.45) is 5.73 Å². The van der Waals surface area contributed by atoms with Gasteiger partial charge in [0.05, 0.1) is 23.1 Å². The highest BCUT2D eigenvalue weighted by Gasteiger charge is 2.34. The predicted molar refractivity (Wildman–Crippen MR) is 106 cm³/mol. The fraction of sp³-hybridized carbons (Fsp3) is 0.227. The second-order valence-corrected chi connectivity index (χ2v) is 7.04. The van der Waals surface area contributed by atoms with E-state index in [1.54, 1.807) is 18.2 Å². The standard InChI is InChI=1S/C22H19N3O4/c23-10-13-4-1-2-5-14(13)11-25-16-6-3-7-18(29-12-19(26)27)21(16)20-15(22(24)28)8-9-17(20)25/h1-7,15H,8-9,11-12H2,(H2,24,28)(H,26,27). The first-order chi connectivity index (χ1) is 14.0. The Morgan fingerprint density at radius 1 is 1.24 bits per heavy atom. The van der Waals surface area contributed by atoms with Crippen molar-refractivity contribution in [3.8, 4) is 11.8 Å². The van der Waals surface area contributed by atoms with Crippen LogP contribution in [0.1, 0.15) is 34.7 Å². The Morgan fingerprint density at radius 2 is 2.03 bits per heavy atom. The van der Waals surface area contributed by atoms with Gasteiger partial charge in [-0.1, -0.05) is 24.3 Å². The number of carbonyl (C=O) groups excluding carboxylic acids is 1. The number of carbonyl (C=O) groups is 2. The third-order valence-electron chi connectivity index (χ3n) is 5.38. The van der Waals surface area contributed by atoms with E-state index in [0.717, 1.165) is 27.7 Å². The Balaban J connectivity index is 1.92. The number of carboxylic acids is 1. The van der Waals surface area contributed by atoms with Gasteiger partial charge in [-0.2, -0.15) is 5.26 Å². The summed E-state index contributed by atoms with van der Waals surface area (Å²) in [6.07, 6.45) is 1.27. The van der Waals surface area contributed by atoms with Gasteiger partial charge >= 0.3 is 5.97 Å². The Labute approximate surface area is 166 Å². The zero-order valence-electron chi connectivity index (χ0n) is 15.6. The first-order valence-corrected chi connectivity index (χ1v) is 9.27.